The molecule has 1 amide bonds. The number of fused-ring (bicyclic) bond motifs is 1. The molecule has 192 valence electrons. The number of aryl methyl sites for hydroxylation is 2. The highest BCUT2D eigenvalue weighted by Gasteiger charge is 2.35. The lowest BCUT2D eigenvalue weighted by Gasteiger charge is -2.37. The van der Waals surface area contributed by atoms with Gasteiger partial charge in [0, 0.05) is 18.0 Å². The van der Waals surface area contributed by atoms with E-state index < -0.39 is 10.0 Å². The molecule has 0 spiro atoms. The van der Waals surface area contributed by atoms with E-state index in [0.29, 0.717) is 13.2 Å². The predicted octanol–water partition coefficient (Wildman–Crippen LogP) is 5.22. The molecule has 8 heteroatoms. The van der Waals surface area contributed by atoms with Crippen LogP contribution in [-0.2, 0) is 21.2 Å². The van der Waals surface area contributed by atoms with Gasteiger partial charge in [-0.1, -0.05) is 49.2 Å². The fraction of sp³-hybridized carbons (Fsp3) is 0.393. The summed E-state index contributed by atoms with van der Waals surface area (Å²) in [5.74, 6) is 0.614. The molecular formula is C28H34N2O4S2. The van der Waals surface area contributed by atoms with Crippen LogP contribution < -0.4 is 4.74 Å². The van der Waals surface area contributed by atoms with Crippen molar-refractivity contribution in [1.82, 2.24) is 9.21 Å². The molecule has 36 heavy (non-hydrogen) atoms. The SMILES string of the molecule is Cc1ccc(OCC2c3ccsc3CCN2C(=O)CN(CC(C)C)S(=O)(=O)c2ccc(C)cc2)cc1. The second kappa shape index (κ2) is 11.2. The normalized spacial score (nSPS) is 15.8. The summed E-state index contributed by atoms with van der Waals surface area (Å²) in [6.45, 7) is 8.77. The van der Waals surface area contributed by atoms with Gasteiger partial charge in [0.25, 0.3) is 0 Å². The van der Waals surface area contributed by atoms with Crippen molar-refractivity contribution in [3.63, 3.8) is 0 Å². The summed E-state index contributed by atoms with van der Waals surface area (Å²) in [6.07, 6.45) is 0.759. The maximum atomic E-state index is 13.7. The number of ether oxygens (including phenoxy) is 1. The van der Waals surface area contributed by atoms with E-state index in [-0.39, 0.29) is 35.9 Å². The Morgan fingerprint density at radius 3 is 2.33 bits per heavy atom. The number of rotatable bonds is 9. The molecular weight excluding hydrogens is 492 g/mol. The minimum atomic E-state index is -3.82. The number of nitrogens with zero attached hydrogens (tertiary/aromatic N) is 2. The Kier molecular flexibility index (Phi) is 8.17. The summed E-state index contributed by atoms with van der Waals surface area (Å²) >= 11 is 1.69. The highest BCUT2D eigenvalue weighted by molar-refractivity contribution is 7.89. The summed E-state index contributed by atoms with van der Waals surface area (Å²) in [5.41, 5.74) is 3.22. The first-order valence-electron chi connectivity index (χ1n) is 12.3. The minimum Gasteiger partial charge on any atom is -0.491 e. The van der Waals surface area contributed by atoms with Gasteiger partial charge in [-0.2, -0.15) is 4.31 Å². The number of hydrogen-bond donors (Lipinski definition) is 0. The lowest BCUT2D eigenvalue weighted by molar-refractivity contribution is -0.135. The summed E-state index contributed by atoms with van der Waals surface area (Å²) < 4.78 is 34.4. The molecule has 0 saturated carbocycles. The van der Waals surface area contributed by atoms with Crippen LogP contribution in [0.2, 0.25) is 0 Å². The van der Waals surface area contributed by atoms with Gasteiger partial charge in [0.15, 0.2) is 0 Å². The second-order valence-electron chi connectivity index (χ2n) is 9.78. The zero-order valence-corrected chi connectivity index (χ0v) is 22.9. The number of carbonyl (C=O) groups excluding carboxylic acids is 1. The molecule has 6 nitrogen and oxygen atoms in total. The molecule has 0 radical (unpaired) electrons. The van der Waals surface area contributed by atoms with E-state index in [1.807, 2.05) is 57.3 Å². The van der Waals surface area contributed by atoms with Crippen molar-refractivity contribution in [1.29, 1.82) is 0 Å². The van der Waals surface area contributed by atoms with Crippen LogP contribution in [0.1, 0.15) is 41.5 Å². The molecule has 0 fully saturated rings. The van der Waals surface area contributed by atoms with Gasteiger partial charge in [-0.05, 0) is 67.5 Å². The minimum absolute atomic E-state index is 0.0727. The van der Waals surface area contributed by atoms with E-state index in [4.69, 9.17) is 4.74 Å². The smallest absolute Gasteiger partial charge is 0.243 e. The van der Waals surface area contributed by atoms with Crippen molar-refractivity contribution >= 4 is 27.3 Å². The highest BCUT2D eigenvalue weighted by Crippen LogP contribution is 2.34. The maximum absolute atomic E-state index is 13.7. The predicted molar refractivity (Wildman–Crippen MR) is 144 cm³/mol. The van der Waals surface area contributed by atoms with Crippen molar-refractivity contribution in [2.24, 2.45) is 5.92 Å². The average Bonchev–Trinajstić information content (AvgIpc) is 3.32. The van der Waals surface area contributed by atoms with E-state index >= 15 is 0 Å². The van der Waals surface area contributed by atoms with Gasteiger partial charge in [0.1, 0.15) is 12.4 Å². The number of hydrogen-bond acceptors (Lipinski definition) is 5. The first kappa shape index (κ1) is 26.4. The first-order valence-corrected chi connectivity index (χ1v) is 14.6. The van der Waals surface area contributed by atoms with Crippen molar-refractivity contribution in [2.45, 2.75) is 45.1 Å². The van der Waals surface area contributed by atoms with Crippen molar-refractivity contribution in [2.75, 3.05) is 26.2 Å². The van der Waals surface area contributed by atoms with Gasteiger partial charge < -0.3 is 9.64 Å². The average molecular weight is 527 g/mol. The van der Waals surface area contributed by atoms with Crippen LogP contribution in [0.25, 0.3) is 0 Å². The van der Waals surface area contributed by atoms with E-state index in [2.05, 4.69) is 6.07 Å². The quantitative estimate of drug-likeness (QED) is 0.384. The number of sulfonamides is 1. The Morgan fingerprint density at radius 2 is 1.69 bits per heavy atom. The fourth-order valence-corrected chi connectivity index (χ4v) is 6.92. The molecule has 1 aliphatic rings. The molecule has 0 saturated heterocycles. The molecule has 4 rings (SSSR count). The third-order valence-electron chi connectivity index (χ3n) is 6.38. The van der Waals surface area contributed by atoms with Gasteiger partial charge in [0.2, 0.25) is 15.9 Å². The summed E-state index contributed by atoms with van der Waals surface area (Å²) in [7, 11) is -3.82. The van der Waals surface area contributed by atoms with Gasteiger partial charge in [-0.25, -0.2) is 8.42 Å². The van der Waals surface area contributed by atoms with Crippen LogP contribution >= 0.6 is 11.3 Å². The molecule has 1 aromatic heterocycles. The summed E-state index contributed by atoms with van der Waals surface area (Å²) in [5, 5.41) is 2.05. The van der Waals surface area contributed by atoms with E-state index in [9.17, 15) is 13.2 Å². The third-order valence-corrected chi connectivity index (χ3v) is 9.21. The second-order valence-corrected chi connectivity index (χ2v) is 12.7. The Hall–Kier alpha value is -2.68. The standard InChI is InChI=1S/C28H34N2O4S2/c1-20(2)17-29(36(32,33)24-11-7-22(4)8-12-24)18-28(31)30-15-13-27-25(14-16-35-27)26(30)19-34-23-9-5-21(3)6-10-23/h5-12,14,16,20,26H,13,15,17-19H2,1-4H3. The van der Waals surface area contributed by atoms with Gasteiger partial charge in [0.05, 0.1) is 17.5 Å². The first-order chi connectivity index (χ1) is 17.1. The summed E-state index contributed by atoms with van der Waals surface area (Å²) in [6, 6.07) is 16.4. The van der Waals surface area contributed by atoms with Crippen LogP contribution in [0, 0.1) is 19.8 Å². The fourth-order valence-electron chi connectivity index (χ4n) is 4.44. The number of thiophene rings is 1. The topological polar surface area (TPSA) is 66.9 Å². The lowest BCUT2D eigenvalue weighted by Crippen LogP contribution is -2.48. The Balaban J connectivity index is 1.57. The lowest BCUT2D eigenvalue weighted by atomic mass is 10.0. The van der Waals surface area contributed by atoms with Gasteiger partial charge in [-0.15, -0.1) is 11.3 Å². The Bertz CT molecular complexity index is 1280. The Labute approximate surface area is 218 Å². The van der Waals surface area contributed by atoms with Gasteiger partial charge in [-0.3, -0.25) is 4.79 Å². The van der Waals surface area contributed by atoms with E-state index in [1.165, 1.54) is 9.18 Å². The van der Waals surface area contributed by atoms with E-state index in [0.717, 1.165) is 28.9 Å². The Morgan fingerprint density at radius 1 is 1.06 bits per heavy atom. The maximum Gasteiger partial charge on any atom is 0.243 e. The van der Waals surface area contributed by atoms with Crippen molar-refractivity contribution in [3.8, 4) is 5.75 Å². The van der Waals surface area contributed by atoms with E-state index in [1.54, 1.807) is 40.5 Å². The monoisotopic (exact) mass is 526 g/mol. The molecule has 2 aromatic carbocycles. The zero-order chi connectivity index (χ0) is 25.9. The molecule has 3 aromatic rings. The molecule has 1 aliphatic heterocycles. The van der Waals surface area contributed by atoms with Crippen molar-refractivity contribution < 1.29 is 17.9 Å². The highest BCUT2D eigenvalue weighted by atomic mass is 32.2. The largest absolute Gasteiger partial charge is 0.491 e. The van der Waals surface area contributed by atoms with Crippen molar-refractivity contribution in [3.05, 3.63) is 81.5 Å². The van der Waals surface area contributed by atoms with Crippen LogP contribution in [-0.4, -0.2) is 49.8 Å². The molecule has 1 unspecified atom stereocenters. The van der Waals surface area contributed by atoms with Crippen LogP contribution in [0.4, 0.5) is 0 Å². The number of carbonyl (C=O) groups is 1. The molecule has 2 heterocycles. The molecule has 0 bridgehead atoms. The number of amides is 1. The van der Waals surface area contributed by atoms with Crippen LogP contribution in [0.5, 0.6) is 5.75 Å². The zero-order valence-electron chi connectivity index (χ0n) is 21.3. The number of benzene rings is 2. The van der Waals surface area contributed by atoms with Gasteiger partial charge >= 0.3 is 0 Å². The molecule has 0 N–H and O–H groups in total. The molecule has 1 atom stereocenters. The molecule has 0 aliphatic carbocycles. The van der Waals surface area contributed by atoms with Crippen LogP contribution in [0.15, 0.2) is 64.9 Å². The van der Waals surface area contributed by atoms with Crippen LogP contribution in [0.3, 0.4) is 0 Å². The summed E-state index contributed by atoms with van der Waals surface area (Å²) in [4.78, 5) is 16.9. The third kappa shape index (κ3) is 5.99.